The van der Waals surface area contributed by atoms with Crippen LogP contribution in [0.1, 0.15) is 18.7 Å². The number of hydrogen-bond donors (Lipinski definition) is 1. The maximum absolute atomic E-state index is 12.7. The first-order valence-electron chi connectivity index (χ1n) is 8.16. The molecule has 0 unspecified atom stereocenters. The van der Waals surface area contributed by atoms with E-state index in [2.05, 4.69) is 10.1 Å². The minimum atomic E-state index is -1.07. The maximum Gasteiger partial charge on any atom is 0.326 e. The summed E-state index contributed by atoms with van der Waals surface area (Å²) in [4.78, 5) is 28.4. The first-order valence-corrected chi connectivity index (χ1v) is 8.16. The van der Waals surface area contributed by atoms with Gasteiger partial charge in [-0.1, -0.05) is 30.3 Å². The van der Waals surface area contributed by atoms with Gasteiger partial charge in [0.25, 0.3) is 5.56 Å². The van der Waals surface area contributed by atoms with Crippen LogP contribution in [0.25, 0.3) is 27.7 Å². The lowest BCUT2D eigenvalue weighted by molar-refractivity contribution is -0.140. The first kappa shape index (κ1) is 16.0. The van der Waals surface area contributed by atoms with Crippen molar-refractivity contribution in [3.05, 3.63) is 64.8 Å². The number of fused-ring (bicyclic) bond motifs is 3. The van der Waals surface area contributed by atoms with Crippen LogP contribution in [-0.2, 0) is 4.79 Å². The van der Waals surface area contributed by atoms with Gasteiger partial charge < -0.3 is 9.67 Å². The van der Waals surface area contributed by atoms with Crippen molar-refractivity contribution < 1.29 is 9.90 Å². The van der Waals surface area contributed by atoms with Crippen LogP contribution in [0.3, 0.4) is 0 Å². The van der Waals surface area contributed by atoms with Gasteiger partial charge in [0.05, 0.1) is 16.6 Å². The van der Waals surface area contributed by atoms with E-state index in [0.29, 0.717) is 16.6 Å². The van der Waals surface area contributed by atoms with Crippen LogP contribution < -0.4 is 5.56 Å². The summed E-state index contributed by atoms with van der Waals surface area (Å²) in [5.41, 5.74) is 3.57. The molecular formula is C19H16N4O3. The second-order valence-corrected chi connectivity index (χ2v) is 6.16. The molecule has 0 spiro atoms. The lowest BCUT2D eigenvalue weighted by atomic mass is 10.1. The van der Waals surface area contributed by atoms with E-state index in [1.807, 2.05) is 37.3 Å². The standard InChI is InChI=1S/C19H16N4O3/c1-11-16(13-6-4-3-5-7-13)17-20-10-14-15(23(17)21-11)8-9-22(18(14)24)12(2)19(25)26/h3-10,12H,1-2H3,(H,25,26)/t12-/m1/s1. The average molecular weight is 348 g/mol. The Morgan fingerprint density at radius 2 is 1.92 bits per heavy atom. The molecule has 1 N–H and O–H groups in total. The molecule has 7 heteroatoms. The summed E-state index contributed by atoms with van der Waals surface area (Å²) < 4.78 is 2.83. The number of benzene rings is 1. The Balaban J connectivity index is 2.02. The number of pyridine rings is 1. The highest BCUT2D eigenvalue weighted by atomic mass is 16.4. The van der Waals surface area contributed by atoms with E-state index in [4.69, 9.17) is 0 Å². The third-order valence-electron chi connectivity index (χ3n) is 4.55. The zero-order valence-electron chi connectivity index (χ0n) is 14.2. The number of rotatable bonds is 3. The van der Waals surface area contributed by atoms with E-state index >= 15 is 0 Å². The van der Waals surface area contributed by atoms with E-state index in [1.165, 1.54) is 23.9 Å². The SMILES string of the molecule is Cc1nn2c(ncc3c(=O)n([C@H](C)C(=O)O)ccc32)c1-c1ccccc1. The third kappa shape index (κ3) is 2.28. The highest BCUT2D eigenvalue weighted by Gasteiger charge is 2.19. The smallest absolute Gasteiger partial charge is 0.326 e. The molecule has 0 aliphatic rings. The zero-order chi connectivity index (χ0) is 18.4. The Morgan fingerprint density at radius 1 is 1.19 bits per heavy atom. The number of aromatic nitrogens is 4. The fourth-order valence-electron chi connectivity index (χ4n) is 3.16. The zero-order valence-corrected chi connectivity index (χ0v) is 14.2. The Hall–Kier alpha value is -3.48. The van der Waals surface area contributed by atoms with E-state index < -0.39 is 17.6 Å². The summed E-state index contributed by atoms with van der Waals surface area (Å²) in [5.74, 6) is -1.07. The fourth-order valence-corrected chi connectivity index (χ4v) is 3.16. The molecule has 7 nitrogen and oxygen atoms in total. The van der Waals surface area contributed by atoms with E-state index in [-0.39, 0.29) is 0 Å². The molecule has 4 aromatic rings. The number of carboxylic acids is 1. The topological polar surface area (TPSA) is 89.5 Å². The summed E-state index contributed by atoms with van der Waals surface area (Å²) in [5, 5.41) is 14.1. The largest absolute Gasteiger partial charge is 0.480 e. The maximum atomic E-state index is 12.7. The van der Waals surface area contributed by atoms with Gasteiger partial charge in [0, 0.05) is 18.0 Å². The van der Waals surface area contributed by atoms with Gasteiger partial charge in [0.15, 0.2) is 5.65 Å². The summed E-state index contributed by atoms with van der Waals surface area (Å²) >= 11 is 0. The molecule has 1 aromatic carbocycles. The second kappa shape index (κ2) is 5.80. The second-order valence-electron chi connectivity index (χ2n) is 6.16. The molecule has 0 aliphatic carbocycles. The van der Waals surface area contributed by atoms with Crippen LogP contribution in [0.5, 0.6) is 0 Å². The van der Waals surface area contributed by atoms with Crippen molar-refractivity contribution in [1.29, 1.82) is 0 Å². The average Bonchev–Trinajstić information content (AvgIpc) is 2.98. The number of hydrogen-bond acceptors (Lipinski definition) is 4. The van der Waals surface area contributed by atoms with Gasteiger partial charge >= 0.3 is 5.97 Å². The van der Waals surface area contributed by atoms with Crippen molar-refractivity contribution in [2.45, 2.75) is 19.9 Å². The van der Waals surface area contributed by atoms with Crippen LogP contribution in [-0.4, -0.2) is 30.2 Å². The fraction of sp³-hybridized carbons (Fsp3) is 0.158. The lowest BCUT2D eigenvalue weighted by Crippen LogP contribution is -2.28. The van der Waals surface area contributed by atoms with Crippen molar-refractivity contribution in [2.24, 2.45) is 0 Å². The van der Waals surface area contributed by atoms with Crippen LogP contribution in [0.15, 0.2) is 53.6 Å². The van der Waals surface area contributed by atoms with E-state index in [0.717, 1.165) is 16.8 Å². The van der Waals surface area contributed by atoms with E-state index in [9.17, 15) is 14.7 Å². The molecule has 4 rings (SSSR count). The van der Waals surface area contributed by atoms with Crippen LogP contribution in [0.4, 0.5) is 0 Å². The van der Waals surface area contributed by atoms with Gasteiger partial charge in [-0.3, -0.25) is 4.79 Å². The first-order chi connectivity index (χ1) is 12.5. The molecule has 26 heavy (non-hydrogen) atoms. The molecule has 0 saturated carbocycles. The van der Waals surface area contributed by atoms with Gasteiger partial charge in [-0.15, -0.1) is 0 Å². The van der Waals surface area contributed by atoms with Gasteiger partial charge in [-0.2, -0.15) is 5.10 Å². The minimum Gasteiger partial charge on any atom is -0.480 e. The van der Waals surface area contributed by atoms with Crippen molar-refractivity contribution in [2.75, 3.05) is 0 Å². The number of carbonyl (C=O) groups is 1. The molecule has 3 aromatic heterocycles. The number of aryl methyl sites for hydroxylation is 1. The Labute approximate surface area is 148 Å². The van der Waals surface area contributed by atoms with Gasteiger partial charge in [0.2, 0.25) is 0 Å². The molecule has 130 valence electrons. The van der Waals surface area contributed by atoms with E-state index in [1.54, 1.807) is 10.6 Å². The molecule has 3 heterocycles. The predicted molar refractivity (Wildman–Crippen MR) is 97.3 cm³/mol. The lowest BCUT2D eigenvalue weighted by Gasteiger charge is -2.11. The van der Waals surface area contributed by atoms with Crippen LogP contribution in [0, 0.1) is 6.92 Å². The molecule has 0 aliphatic heterocycles. The Bertz CT molecular complexity index is 1210. The van der Waals surface area contributed by atoms with Gasteiger partial charge in [-0.05, 0) is 25.5 Å². The van der Waals surface area contributed by atoms with Gasteiger partial charge in [-0.25, -0.2) is 14.3 Å². The van der Waals surface area contributed by atoms with Crippen LogP contribution in [0.2, 0.25) is 0 Å². The normalized spacial score (nSPS) is 12.5. The molecule has 0 radical (unpaired) electrons. The Morgan fingerprint density at radius 3 is 2.62 bits per heavy atom. The summed E-state index contributed by atoms with van der Waals surface area (Å²) in [6.45, 7) is 3.36. The Kier molecular flexibility index (Phi) is 3.57. The molecule has 0 saturated heterocycles. The van der Waals surface area contributed by atoms with Crippen LogP contribution >= 0.6 is 0 Å². The minimum absolute atomic E-state index is 0.329. The molecule has 1 atom stereocenters. The van der Waals surface area contributed by atoms with Gasteiger partial charge in [0.1, 0.15) is 6.04 Å². The monoisotopic (exact) mass is 348 g/mol. The van der Waals surface area contributed by atoms with Crippen molar-refractivity contribution in [1.82, 2.24) is 19.2 Å². The molecule has 0 amide bonds. The van der Waals surface area contributed by atoms with Crippen molar-refractivity contribution in [3.63, 3.8) is 0 Å². The quantitative estimate of drug-likeness (QED) is 0.615. The molecule has 0 fully saturated rings. The highest BCUT2D eigenvalue weighted by Crippen LogP contribution is 2.28. The number of nitrogens with zero attached hydrogens (tertiary/aromatic N) is 4. The number of carboxylic acid groups (broad SMARTS) is 1. The third-order valence-corrected chi connectivity index (χ3v) is 4.55. The summed E-state index contributed by atoms with van der Waals surface area (Å²) in [7, 11) is 0. The summed E-state index contributed by atoms with van der Waals surface area (Å²) in [6.07, 6.45) is 2.98. The van der Waals surface area contributed by atoms with Crippen molar-refractivity contribution in [3.8, 4) is 11.1 Å². The highest BCUT2D eigenvalue weighted by molar-refractivity contribution is 5.86. The summed E-state index contributed by atoms with van der Waals surface area (Å²) in [6, 6.07) is 10.6. The molecule has 0 bridgehead atoms. The predicted octanol–water partition coefficient (Wildman–Crippen LogP) is 2.67. The molecular weight excluding hydrogens is 332 g/mol. The number of aliphatic carboxylic acids is 1. The van der Waals surface area contributed by atoms with Crippen molar-refractivity contribution >= 4 is 22.5 Å².